The van der Waals surface area contributed by atoms with Crippen LogP contribution in [0.15, 0.2) is 59.3 Å². The van der Waals surface area contributed by atoms with Gasteiger partial charge in [0.25, 0.3) is 0 Å². The number of nitrogens with one attached hydrogen (secondary N) is 1. The van der Waals surface area contributed by atoms with Crippen LogP contribution in [-0.4, -0.2) is 14.4 Å². The summed E-state index contributed by atoms with van der Waals surface area (Å²) in [5.41, 5.74) is 4.65. The zero-order chi connectivity index (χ0) is 12.8. The second-order valence-corrected chi connectivity index (χ2v) is 5.29. The Morgan fingerprint density at radius 2 is 1.84 bits per heavy atom. The standard InChI is InChI=1S/C15H10BrN3/c16-14-9-19-13-8-11(10-4-2-1-3-5-10)6-7-12(13)17-15(19)18-14/h1-9H,(H,17,18). The van der Waals surface area contributed by atoms with Crippen LogP contribution in [0.5, 0.6) is 0 Å². The number of imidazole rings is 2. The summed E-state index contributed by atoms with van der Waals surface area (Å²) >= 11 is 3.40. The number of benzene rings is 2. The number of fused-ring (bicyclic) bond motifs is 3. The van der Waals surface area contributed by atoms with Crippen LogP contribution in [0, 0.1) is 0 Å². The first-order valence-electron chi connectivity index (χ1n) is 6.03. The van der Waals surface area contributed by atoms with E-state index in [1.807, 2.05) is 12.3 Å². The molecule has 4 heteroatoms. The maximum atomic E-state index is 4.38. The topological polar surface area (TPSA) is 33.1 Å². The molecule has 0 saturated carbocycles. The maximum Gasteiger partial charge on any atom is 0.213 e. The van der Waals surface area contributed by atoms with Gasteiger partial charge in [-0.25, -0.2) is 4.98 Å². The Balaban J connectivity index is 2.01. The fourth-order valence-electron chi connectivity index (χ4n) is 2.39. The van der Waals surface area contributed by atoms with Gasteiger partial charge in [0.2, 0.25) is 5.78 Å². The molecule has 2 aromatic heterocycles. The third kappa shape index (κ3) is 1.68. The minimum Gasteiger partial charge on any atom is -0.323 e. The predicted octanol–water partition coefficient (Wildman–Crippen LogP) is 4.25. The molecule has 1 N–H and O–H groups in total. The smallest absolute Gasteiger partial charge is 0.213 e. The summed E-state index contributed by atoms with van der Waals surface area (Å²) in [5.74, 6) is 0.854. The quantitative estimate of drug-likeness (QED) is 0.560. The molecule has 0 aliphatic heterocycles. The van der Waals surface area contributed by atoms with Crippen molar-refractivity contribution in [3.63, 3.8) is 0 Å². The van der Waals surface area contributed by atoms with Crippen molar-refractivity contribution in [1.82, 2.24) is 14.4 Å². The van der Waals surface area contributed by atoms with Gasteiger partial charge >= 0.3 is 0 Å². The summed E-state index contributed by atoms with van der Waals surface area (Å²) in [6.45, 7) is 0. The SMILES string of the molecule is Brc1cn2c(n1)[nH]c1ccc(-c3ccccc3)cc12. The molecule has 2 heterocycles. The van der Waals surface area contributed by atoms with Gasteiger partial charge in [0.15, 0.2) is 0 Å². The minimum absolute atomic E-state index is 0.839. The number of halogens is 1. The highest BCUT2D eigenvalue weighted by Gasteiger charge is 2.07. The molecule has 92 valence electrons. The predicted molar refractivity (Wildman–Crippen MR) is 80.2 cm³/mol. The molecule has 0 spiro atoms. The van der Waals surface area contributed by atoms with E-state index in [0.717, 1.165) is 21.4 Å². The summed E-state index contributed by atoms with van der Waals surface area (Å²) in [7, 11) is 0. The first-order chi connectivity index (χ1) is 9.31. The van der Waals surface area contributed by atoms with Crippen molar-refractivity contribution >= 4 is 32.7 Å². The minimum atomic E-state index is 0.839. The van der Waals surface area contributed by atoms with E-state index in [2.05, 4.69) is 72.8 Å². The van der Waals surface area contributed by atoms with Crippen LogP contribution in [-0.2, 0) is 0 Å². The van der Waals surface area contributed by atoms with Crippen LogP contribution in [0.4, 0.5) is 0 Å². The van der Waals surface area contributed by atoms with E-state index < -0.39 is 0 Å². The molecule has 0 aliphatic rings. The van der Waals surface area contributed by atoms with Gasteiger partial charge in [-0.15, -0.1) is 0 Å². The van der Waals surface area contributed by atoms with Gasteiger partial charge < -0.3 is 4.98 Å². The highest BCUT2D eigenvalue weighted by molar-refractivity contribution is 9.10. The maximum absolute atomic E-state index is 4.38. The zero-order valence-corrected chi connectivity index (χ0v) is 11.6. The highest BCUT2D eigenvalue weighted by atomic mass is 79.9. The third-order valence-electron chi connectivity index (χ3n) is 3.29. The molecule has 0 atom stereocenters. The summed E-state index contributed by atoms with van der Waals surface area (Å²) in [4.78, 5) is 7.68. The molecule has 0 radical (unpaired) electrons. The molecular formula is C15H10BrN3. The van der Waals surface area contributed by atoms with Crippen LogP contribution >= 0.6 is 15.9 Å². The lowest BCUT2D eigenvalue weighted by Crippen LogP contribution is -1.80. The lowest BCUT2D eigenvalue weighted by Gasteiger charge is -2.01. The summed E-state index contributed by atoms with van der Waals surface area (Å²) in [6.07, 6.45) is 1.98. The van der Waals surface area contributed by atoms with Crippen LogP contribution in [0.25, 0.3) is 27.9 Å². The molecule has 4 rings (SSSR count). The molecule has 0 fully saturated rings. The molecule has 19 heavy (non-hydrogen) atoms. The number of nitrogens with zero attached hydrogens (tertiary/aromatic N) is 2. The first-order valence-corrected chi connectivity index (χ1v) is 6.82. The number of H-pyrrole nitrogens is 1. The Morgan fingerprint density at radius 3 is 2.68 bits per heavy atom. The lowest BCUT2D eigenvalue weighted by molar-refractivity contribution is 1.25. The average molecular weight is 312 g/mol. The Hall–Kier alpha value is -2.07. The fraction of sp³-hybridized carbons (Fsp3) is 0. The first kappa shape index (κ1) is 10.8. The molecule has 4 aromatic rings. The van der Waals surface area contributed by atoms with E-state index >= 15 is 0 Å². The normalized spacial score (nSPS) is 11.4. The number of hydrogen-bond donors (Lipinski definition) is 1. The Bertz CT molecular complexity index is 874. The van der Waals surface area contributed by atoms with E-state index in [1.54, 1.807) is 0 Å². The number of hydrogen-bond acceptors (Lipinski definition) is 1. The van der Waals surface area contributed by atoms with Gasteiger partial charge in [-0.3, -0.25) is 4.40 Å². The van der Waals surface area contributed by atoms with Crippen molar-refractivity contribution in [3.8, 4) is 11.1 Å². The number of aromatic nitrogens is 3. The van der Waals surface area contributed by atoms with E-state index in [-0.39, 0.29) is 0 Å². The van der Waals surface area contributed by atoms with Gasteiger partial charge in [-0.2, -0.15) is 0 Å². The zero-order valence-electron chi connectivity index (χ0n) is 9.97. The van der Waals surface area contributed by atoms with Crippen LogP contribution < -0.4 is 0 Å². The fourth-order valence-corrected chi connectivity index (χ4v) is 2.76. The molecule has 0 amide bonds. The molecular weight excluding hydrogens is 302 g/mol. The van der Waals surface area contributed by atoms with Crippen molar-refractivity contribution in [1.29, 1.82) is 0 Å². The second-order valence-electron chi connectivity index (χ2n) is 4.48. The van der Waals surface area contributed by atoms with Crippen LogP contribution in [0.3, 0.4) is 0 Å². The lowest BCUT2D eigenvalue weighted by atomic mass is 10.1. The van der Waals surface area contributed by atoms with E-state index in [9.17, 15) is 0 Å². The molecule has 0 saturated heterocycles. The molecule has 0 unspecified atom stereocenters. The number of aromatic amines is 1. The van der Waals surface area contributed by atoms with Crippen molar-refractivity contribution in [3.05, 3.63) is 59.3 Å². The van der Waals surface area contributed by atoms with Gasteiger partial charge in [0.05, 0.1) is 11.0 Å². The second kappa shape index (κ2) is 3.96. The monoisotopic (exact) mass is 311 g/mol. The van der Waals surface area contributed by atoms with E-state index in [0.29, 0.717) is 0 Å². The largest absolute Gasteiger partial charge is 0.323 e. The summed E-state index contributed by atoms with van der Waals surface area (Å²) in [6, 6.07) is 16.8. The van der Waals surface area contributed by atoms with Crippen molar-refractivity contribution in [2.24, 2.45) is 0 Å². The van der Waals surface area contributed by atoms with Gasteiger partial charge in [0.1, 0.15) is 4.60 Å². The highest BCUT2D eigenvalue weighted by Crippen LogP contribution is 2.25. The van der Waals surface area contributed by atoms with Crippen molar-refractivity contribution in [2.75, 3.05) is 0 Å². The molecule has 2 aromatic carbocycles. The van der Waals surface area contributed by atoms with E-state index in [1.165, 1.54) is 11.1 Å². The molecule has 0 bridgehead atoms. The van der Waals surface area contributed by atoms with Crippen molar-refractivity contribution in [2.45, 2.75) is 0 Å². The van der Waals surface area contributed by atoms with Crippen molar-refractivity contribution < 1.29 is 0 Å². The van der Waals surface area contributed by atoms with Crippen LogP contribution in [0.1, 0.15) is 0 Å². The summed E-state index contributed by atoms with van der Waals surface area (Å²) < 4.78 is 2.90. The molecule has 0 aliphatic carbocycles. The average Bonchev–Trinajstić information content (AvgIpc) is 2.95. The Kier molecular flexibility index (Phi) is 2.26. The number of rotatable bonds is 1. The van der Waals surface area contributed by atoms with Gasteiger partial charge in [-0.05, 0) is 39.2 Å². The molecule has 3 nitrogen and oxygen atoms in total. The van der Waals surface area contributed by atoms with Gasteiger partial charge in [-0.1, -0.05) is 36.4 Å². The summed E-state index contributed by atoms with van der Waals surface area (Å²) in [5, 5.41) is 0. The van der Waals surface area contributed by atoms with E-state index in [4.69, 9.17) is 0 Å². The Morgan fingerprint density at radius 1 is 1.00 bits per heavy atom. The van der Waals surface area contributed by atoms with Gasteiger partial charge in [0, 0.05) is 6.20 Å². The third-order valence-corrected chi connectivity index (χ3v) is 3.67. The van der Waals surface area contributed by atoms with Crippen LogP contribution in [0.2, 0.25) is 0 Å². The Labute approximate surface area is 118 Å².